The Morgan fingerprint density at radius 2 is 1.53 bits per heavy atom. The Morgan fingerprint density at radius 3 is 2.16 bits per heavy atom. The fourth-order valence-corrected chi connectivity index (χ4v) is 2.46. The normalized spacial score (nSPS) is 10.6. The van der Waals surface area contributed by atoms with E-state index in [1.807, 2.05) is 24.3 Å². The van der Waals surface area contributed by atoms with Gasteiger partial charge in [0, 0.05) is 17.3 Å². The van der Waals surface area contributed by atoms with Gasteiger partial charge < -0.3 is 0 Å². The van der Waals surface area contributed by atoms with Crippen LogP contribution >= 0.6 is 15.9 Å². The minimum atomic E-state index is 0.371. The number of unbranched alkanes of at least 4 members (excludes halogenated alkanes) is 6. The predicted molar refractivity (Wildman–Crippen MR) is 85.5 cm³/mol. The van der Waals surface area contributed by atoms with Crippen molar-refractivity contribution in [3.05, 3.63) is 34.3 Å². The monoisotopic (exact) mass is 324 g/mol. The fourth-order valence-electron chi connectivity index (χ4n) is 2.20. The predicted octanol–water partition coefficient (Wildman–Crippen LogP) is 5.70. The third-order valence-electron chi connectivity index (χ3n) is 3.37. The molecule has 0 aromatic heterocycles. The topological polar surface area (TPSA) is 17.1 Å². The van der Waals surface area contributed by atoms with Crippen molar-refractivity contribution in [1.82, 2.24) is 0 Å². The lowest BCUT2D eigenvalue weighted by atomic mass is 10.0. The molecule has 1 nitrogen and oxygen atoms in total. The third kappa shape index (κ3) is 8.20. The smallest absolute Gasteiger partial charge is 0.137 e. The number of rotatable bonds is 10. The van der Waals surface area contributed by atoms with E-state index >= 15 is 0 Å². The number of benzene rings is 1. The van der Waals surface area contributed by atoms with Crippen molar-refractivity contribution < 1.29 is 4.79 Å². The van der Waals surface area contributed by atoms with Gasteiger partial charge in [0.1, 0.15) is 5.78 Å². The van der Waals surface area contributed by atoms with E-state index in [0.29, 0.717) is 12.2 Å². The summed E-state index contributed by atoms with van der Waals surface area (Å²) < 4.78 is 1.07. The van der Waals surface area contributed by atoms with E-state index in [0.717, 1.165) is 22.9 Å². The number of hydrogen-bond donors (Lipinski definition) is 0. The van der Waals surface area contributed by atoms with Crippen LogP contribution in [0.5, 0.6) is 0 Å². The molecule has 0 bridgehead atoms. The lowest BCUT2D eigenvalue weighted by Crippen LogP contribution is -2.02. The first-order chi connectivity index (χ1) is 9.22. The molecule has 0 amide bonds. The van der Waals surface area contributed by atoms with Crippen molar-refractivity contribution in [2.75, 3.05) is 0 Å². The minimum Gasteiger partial charge on any atom is -0.299 e. The number of carbonyl (C=O) groups is 1. The van der Waals surface area contributed by atoms with E-state index in [9.17, 15) is 4.79 Å². The summed E-state index contributed by atoms with van der Waals surface area (Å²) in [4.78, 5) is 11.8. The molecule has 0 aliphatic rings. The van der Waals surface area contributed by atoms with E-state index < -0.39 is 0 Å². The lowest BCUT2D eigenvalue weighted by molar-refractivity contribution is -0.118. The maximum atomic E-state index is 11.8. The Balaban J connectivity index is 2.06. The van der Waals surface area contributed by atoms with Crippen LogP contribution in [0.2, 0.25) is 0 Å². The maximum absolute atomic E-state index is 11.8. The Hall–Kier alpha value is -0.630. The van der Waals surface area contributed by atoms with Gasteiger partial charge in [0.05, 0.1) is 0 Å². The molecule has 0 aliphatic heterocycles. The molecule has 0 saturated carbocycles. The zero-order chi connectivity index (χ0) is 13.9. The molecular weight excluding hydrogens is 300 g/mol. The second-order valence-electron chi connectivity index (χ2n) is 5.21. The molecular formula is C17H25BrO. The van der Waals surface area contributed by atoms with Gasteiger partial charge in [-0.2, -0.15) is 0 Å². The van der Waals surface area contributed by atoms with Crippen LogP contribution in [0.25, 0.3) is 0 Å². The molecule has 19 heavy (non-hydrogen) atoms. The molecule has 0 unspecified atom stereocenters. The van der Waals surface area contributed by atoms with Gasteiger partial charge in [-0.25, -0.2) is 0 Å². The highest BCUT2D eigenvalue weighted by atomic mass is 79.9. The van der Waals surface area contributed by atoms with Gasteiger partial charge in [-0.3, -0.25) is 4.79 Å². The zero-order valence-corrected chi connectivity index (χ0v) is 13.5. The number of ketones is 1. The molecule has 0 spiro atoms. The highest BCUT2D eigenvalue weighted by Crippen LogP contribution is 2.13. The van der Waals surface area contributed by atoms with Gasteiger partial charge >= 0.3 is 0 Å². The fraction of sp³-hybridized carbons (Fsp3) is 0.588. The van der Waals surface area contributed by atoms with Crippen LogP contribution < -0.4 is 0 Å². The molecule has 0 fully saturated rings. The van der Waals surface area contributed by atoms with Gasteiger partial charge in [-0.15, -0.1) is 0 Å². The van der Waals surface area contributed by atoms with Gasteiger partial charge in [-0.05, 0) is 24.1 Å². The Labute approximate surface area is 125 Å². The number of halogens is 1. The second-order valence-corrected chi connectivity index (χ2v) is 6.13. The first-order valence-electron chi connectivity index (χ1n) is 7.48. The summed E-state index contributed by atoms with van der Waals surface area (Å²) in [6, 6.07) is 8.03. The van der Waals surface area contributed by atoms with Crippen molar-refractivity contribution in [2.24, 2.45) is 0 Å². The molecule has 1 aromatic rings. The van der Waals surface area contributed by atoms with Crippen LogP contribution in [0, 0.1) is 0 Å². The Bertz CT molecular complexity index is 356. The van der Waals surface area contributed by atoms with Gasteiger partial charge in [0.25, 0.3) is 0 Å². The molecule has 106 valence electrons. The Morgan fingerprint density at radius 1 is 0.947 bits per heavy atom. The van der Waals surface area contributed by atoms with Crippen molar-refractivity contribution in [3.63, 3.8) is 0 Å². The third-order valence-corrected chi connectivity index (χ3v) is 3.90. The van der Waals surface area contributed by atoms with Crippen molar-refractivity contribution in [1.29, 1.82) is 0 Å². The van der Waals surface area contributed by atoms with Crippen molar-refractivity contribution in [3.8, 4) is 0 Å². The SMILES string of the molecule is CCCCCCCCCC(=O)Cc1ccc(Br)cc1. The van der Waals surface area contributed by atoms with Gasteiger partial charge in [0.15, 0.2) is 0 Å². The van der Waals surface area contributed by atoms with E-state index in [1.165, 1.54) is 38.5 Å². The summed E-state index contributed by atoms with van der Waals surface area (Å²) in [5.41, 5.74) is 1.12. The van der Waals surface area contributed by atoms with Crippen molar-refractivity contribution in [2.45, 2.75) is 64.7 Å². The highest BCUT2D eigenvalue weighted by Gasteiger charge is 2.03. The molecule has 0 heterocycles. The zero-order valence-electron chi connectivity index (χ0n) is 12.0. The molecule has 2 heteroatoms. The average molecular weight is 325 g/mol. The quantitative estimate of drug-likeness (QED) is 0.504. The van der Waals surface area contributed by atoms with E-state index in [1.54, 1.807) is 0 Å². The summed E-state index contributed by atoms with van der Waals surface area (Å²) in [6.07, 6.45) is 10.2. The van der Waals surface area contributed by atoms with Gasteiger partial charge in [-0.1, -0.05) is 73.5 Å². The standard InChI is InChI=1S/C17H25BrO/c1-2-3-4-5-6-7-8-9-17(19)14-15-10-12-16(18)13-11-15/h10-13H,2-9,14H2,1H3. The van der Waals surface area contributed by atoms with Crippen LogP contribution in [0.3, 0.4) is 0 Å². The van der Waals surface area contributed by atoms with Crippen molar-refractivity contribution >= 4 is 21.7 Å². The molecule has 0 N–H and O–H groups in total. The number of carbonyl (C=O) groups excluding carboxylic acids is 1. The summed E-state index contributed by atoms with van der Waals surface area (Å²) in [7, 11) is 0. The summed E-state index contributed by atoms with van der Waals surface area (Å²) in [6.45, 7) is 2.24. The summed E-state index contributed by atoms with van der Waals surface area (Å²) in [5, 5.41) is 0. The van der Waals surface area contributed by atoms with E-state index in [2.05, 4.69) is 22.9 Å². The molecule has 0 saturated heterocycles. The summed E-state index contributed by atoms with van der Waals surface area (Å²) >= 11 is 3.40. The van der Waals surface area contributed by atoms with E-state index in [-0.39, 0.29) is 0 Å². The van der Waals surface area contributed by atoms with Crippen LogP contribution in [-0.2, 0) is 11.2 Å². The highest BCUT2D eigenvalue weighted by molar-refractivity contribution is 9.10. The van der Waals surface area contributed by atoms with Gasteiger partial charge in [0.2, 0.25) is 0 Å². The van der Waals surface area contributed by atoms with Crippen LogP contribution in [0.4, 0.5) is 0 Å². The largest absolute Gasteiger partial charge is 0.299 e. The number of hydrogen-bond acceptors (Lipinski definition) is 1. The second kappa shape index (κ2) is 10.2. The van der Waals surface area contributed by atoms with E-state index in [4.69, 9.17) is 0 Å². The van der Waals surface area contributed by atoms with Crippen LogP contribution in [0.15, 0.2) is 28.7 Å². The molecule has 1 rings (SSSR count). The molecule has 0 radical (unpaired) electrons. The first-order valence-corrected chi connectivity index (χ1v) is 8.28. The maximum Gasteiger partial charge on any atom is 0.137 e. The first kappa shape index (κ1) is 16.4. The lowest BCUT2D eigenvalue weighted by Gasteiger charge is -2.03. The Kier molecular flexibility index (Phi) is 8.81. The molecule has 0 atom stereocenters. The number of Topliss-reactive ketones (excluding diaryl/α,β-unsaturated/α-hetero) is 1. The minimum absolute atomic E-state index is 0.371. The molecule has 1 aromatic carbocycles. The van der Waals surface area contributed by atoms with Crippen LogP contribution in [0.1, 0.15) is 63.9 Å². The van der Waals surface area contributed by atoms with Crippen LogP contribution in [-0.4, -0.2) is 5.78 Å². The molecule has 0 aliphatic carbocycles. The summed E-state index contributed by atoms with van der Waals surface area (Å²) in [5.74, 6) is 0.371. The average Bonchev–Trinajstić information content (AvgIpc) is 2.40.